The van der Waals surface area contributed by atoms with Crippen molar-refractivity contribution in [2.45, 2.75) is 46.1 Å². The normalized spacial score (nSPS) is 14.6. The Morgan fingerprint density at radius 3 is 2.05 bits per heavy atom. The molecule has 0 saturated carbocycles. The van der Waals surface area contributed by atoms with Gasteiger partial charge in [-0.1, -0.05) is 0 Å². The van der Waals surface area contributed by atoms with Gasteiger partial charge in [0.05, 0.1) is 5.92 Å². The number of carbonyl (C=O) groups is 3. The zero-order valence-electron chi connectivity index (χ0n) is 11.9. The minimum atomic E-state index is -1.02. The van der Waals surface area contributed by atoms with E-state index in [0.717, 1.165) is 0 Å². The van der Waals surface area contributed by atoms with E-state index in [1.165, 1.54) is 6.92 Å². The third kappa shape index (κ3) is 6.91. The smallest absolute Gasteiger partial charge is 0.310 e. The van der Waals surface area contributed by atoms with Gasteiger partial charge in [-0.15, -0.1) is 0 Å². The Hall–Kier alpha value is -1.43. The van der Waals surface area contributed by atoms with Gasteiger partial charge in [-0.05, 0) is 34.1 Å². The Morgan fingerprint density at radius 2 is 1.74 bits per heavy atom. The van der Waals surface area contributed by atoms with Crippen molar-refractivity contribution in [1.29, 1.82) is 0 Å². The number of hydrogen-bond acceptors (Lipinski definition) is 5. The van der Waals surface area contributed by atoms with Gasteiger partial charge >= 0.3 is 11.9 Å². The van der Waals surface area contributed by atoms with E-state index in [4.69, 9.17) is 15.6 Å². The zero-order chi connectivity index (χ0) is 15.2. The van der Waals surface area contributed by atoms with Gasteiger partial charge in [0.2, 0.25) is 0 Å². The van der Waals surface area contributed by atoms with Gasteiger partial charge in [0, 0.05) is 18.9 Å². The number of nitrogens with two attached hydrogens (primary N) is 1. The molecule has 3 N–H and O–H groups in total. The monoisotopic (exact) mass is 273 g/mol. The zero-order valence-corrected chi connectivity index (χ0v) is 11.9. The Bertz CT molecular complexity index is 345. The summed E-state index contributed by atoms with van der Waals surface area (Å²) in [5.41, 5.74) is 4.82. The Balaban J connectivity index is 4.98. The van der Waals surface area contributed by atoms with Gasteiger partial charge in [-0.3, -0.25) is 14.4 Å². The van der Waals surface area contributed by atoms with Crippen LogP contribution in [-0.4, -0.2) is 35.0 Å². The maximum Gasteiger partial charge on any atom is 0.310 e. The molecule has 0 fully saturated rings. The number of ketones is 1. The third-order valence-corrected chi connectivity index (χ3v) is 2.64. The van der Waals surface area contributed by atoms with E-state index in [2.05, 4.69) is 0 Å². The topological polar surface area (TPSA) is 107 Å². The lowest BCUT2D eigenvalue weighted by Crippen LogP contribution is -2.38. The number of ether oxygens (including phenoxy) is 1. The molecule has 0 aromatic heterocycles. The van der Waals surface area contributed by atoms with Crippen LogP contribution in [0.5, 0.6) is 0 Å². The van der Waals surface area contributed by atoms with E-state index in [0.29, 0.717) is 0 Å². The predicted molar refractivity (Wildman–Crippen MR) is 69.4 cm³/mol. The predicted octanol–water partition coefficient (Wildman–Crippen LogP) is 0.973. The van der Waals surface area contributed by atoms with E-state index < -0.39 is 29.4 Å². The molecule has 0 aliphatic heterocycles. The van der Waals surface area contributed by atoms with Crippen LogP contribution in [0.25, 0.3) is 0 Å². The number of hydrogen-bond donors (Lipinski definition) is 2. The average molecular weight is 273 g/mol. The van der Waals surface area contributed by atoms with E-state index in [9.17, 15) is 14.4 Å². The number of carboxylic acids is 1. The van der Waals surface area contributed by atoms with Crippen LogP contribution in [0, 0.1) is 11.8 Å². The molecule has 19 heavy (non-hydrogen) atoms. The fraction of sp³-hybridized carbons (Fsp3) is 0.769. The number of esters is 1. The lowest BCUT2D eigenvalue weighted by atomic mass is 9.85. The van der Waals surface area contributed by atoms with Crippen molar-refractivity contribution >= 4 is 17.7 Å². The summed E-state index contributed by atoms with van der Waals surface area (Å²) < 4.78 is 5.23. The first kappa shape index (κ1) is 17.6. The summed E-state index contributed by atoms with van der Waals surface area (Å²) in [7, 11) is 0. The molecule has 0 rings (SSSR count). The van der Waals surface area contributed by atoms with Crippen molar-refractivity contribution in [3.05, 3.63) is 0 Å². The number of Topliss-reactive ketones (excluding diaryl/α,β-unsaturated/α-hetero) is 1. The molecule has 1 unspecified atom stereocenters. The maximum atomic E-state index is 12.1. The van der Waals surface area contributed by atoms with Crippen LogP contribution in [-0.2, 0) is 19.1 Å². The van der Waals surface area contributed by atoms with Crippen LogP contribution in [0.4, 0.5) is 0 Å². The van der Waals surface area contributed by atoms with Crippen molar-refractivity contribution in [2.75, 3.05) is 6.54 Å². The number of carboxylic acid groups (broad SMARTS) is 1. The first-order valence-corrected chi connectivity index (χ1v) is 6.23. The van der Waals surface area contributed by atoms with Crippen LogP contribution in [0.15, 0.2) is 0 Å². The molecule has 0 aliphatic carbocycles. The molecule has 110 valence electrons. The molecule has 0 saturated heterocycles. The average Bonchev–Trinajstić information content (AvgIpc) is 2.20. The molecule has 0 spiro atoms. The summed E-state index contributed by atoms with van der Waals surface area (Å²) in [5.74, 6) is -3.33. The molecule has 0 heterocycles. The van der Waals surface area contributed by atoms with Crippen molar-refractivity contribution in [3.63, 3.8) is 0 Å². The summed E-state index contributed by atoms with van der Waals surface area (Å²) >= 11 is 0. The van der Waals surface area contributed by atoms with Gasteiger partial charge in [-0.2, -0.15) is 0 Å². The molecule has 0 radical (unpaired) electrons. The number of carbonyl (C=O) groups excluding carboxylic acids is 2. The highest BCUT2D eigenvalue weighted by Crippen LogP contribution is 2.23. The molecule has 0 aromatic rings. The molecule has 6 heteroatoms. The molecule has 0 bridgehead atoms. The summed E-state index contributed by atoms with van der Waals surface area (Å²) in [6, 6.07) is 0. The lowest BCUT2D eigenvalue weighted by molar-refractivity contribution is -0.163. The van der Waals surface area contributed by atoms with E-state index >= 15 is 0 Å². The highest BCUT2D eigenvalue weighted by molar-refractivity contribution is 5.85. The minimum Gasteiger partial charge on any atom is -0.481 e. The van der Waals surface area contributed by atoms with E-state index in [1.54, 1.807) is 20.8 Å². The first-order valence-electron chi connectivity index (χ1n) is 6.23. The molecule has 0 aromatic carbocycles. The lowest BCUT2D eigenvalue weighted by Gasteiger charge is -2.27. The Labute approximate surface area is 113 Å². The van der Waals surface area contributed by atoms with Crippen LogP contribution < -0.4 is 5.73 Å². The van der Waals surface area contributed by atoms with Crippen LogP contribution in [0.1, 0.15) is 40.5 Å². The van der Waals surface area contributed by atoms with Gasteiger partial charge in [0.15, 0.2) is 0 Å². The molecule has 0 amide bonds. The summed E-state index contributed by atoms with van der Waals surface area (Å²) in [6.45, 7) is 6.48. The summed E-state index contributed by atoms with van der Waals surface area (Å²) in [4.78, 5) is 34.2. The van der Waals surface area contributed by atoms with Crippen molar-refractivity contribution in [2.24, 2.45) is 17.6 Å². The van der Waals surface area contributed by atoms with Crippen molar-refractivity contribution in [3.8, 4) is 0 Å². The standard InChI is InChI=1S/C13H23NO5/c1-8(15)10(7-14)9(5-6-11(16)17)12(18)19-13(2,3)4/h9-10H,5-7,14H2,1-4H3,(H,16,17)/t9-,10?/m0/s1. The highest BCUT2D eigenvalue weighted by atomic mass is 16.6. The van der Waals surface area contributed by atoms with Gasteiger partial charge in [0.1, 0.15) is 11.4 Å². The molecular formula is C13H23NO5. The second kappa shape index (κ2) is 7.23. The van der Waals surface area contributed by atoms with Gasteiger partial charge in [0.25, 0.3) is 0 Å². The fourth-order valence-corrected chi connectivity index (χ4v) is 1.75. The second-order valence-electron chi connectivity index (χ2n) is 5.53. The number of rotatable bonds is 7. The molecule has 2 atom stereocenters. The number of aliphatic carboxylic acids is 1. The Morgan fingerprint density at radius 1 is 1.21 bits per heavy atom. The van der Waals surface area contributed by atoms with E-state index in [-0.39, 0.29) is 25.2 Å². The SMILES string of the molecule is CC(=O)C(CN)[C@H](CCC(=O)O)C(=O)OC(C)(C)C. The molecular weight excluding hydrogens is 250 g/mol. The van der Waals surface area contributed by atoms with Crippen molar-refractivity contribution < 1.29 is 24.2 Å². The maximum absolute atomic E-state index is 12.1. The third-order valence-electron chi connectivity index (χ3n) is 2.64. The van der Waals surface area contributed by atoms with E-state index in [1.807, 2.05) is 0 Å². The molecule has 0 aliphatic rings. The summed E-state index contributed by atoms with van der Waals surface area (Å²) in [5, 5.41) is 8.70. The van der Waals surface area contributed by atoms with Crippen LogP contribution in [0.3, 0.4) is 0 Å². The van der Waals surface area contributed by atoms with Crippen LogP contribution in [0.2, 0.25) is 0 Å². The second-order valence-corrected chi connectivity index (χ2v) is 5.53. The van der Waals surface area contributed by atoms with Crippen LogP contribution >= 0.6 is 0 Å². The summed E-state index contributed by atoms with van der Waals surface area (Å²) in [6.07, 6.45) is -0.153. The van der Waals surface area contributed by atoms with Gasteiger partial charge in [-0.25, -0.2) is 0 Å². The minimum absolute atomic E-state index is 0.00113. The largest absolute Gasteiger partial charge is 0.481 e. The molecule has 6 nitrogen and oxygen atoms in total. The fourth-order valence-electron chi connectivity index (χ4n) is 1.75. The Kier molecular flexibility index (Phi) is 6.69. The van der Waals surface area contributed by atoms with Gasteiger partial charge < -0.3 is 15.6 Å². The highest BCUT2D eigenvalue weighted by Gasteiger charge is 2.34. The quantitative estimate of drug-likeness (QED) is 0.669. The van der Waals surface area contributed by atoms with Crippen molar-refractivity contribution in [1.82, 2.24) is 0 Å². The first-order chi connectivity index (χ1) is 8.58.